The maximum absolute atomic E-state index is 5.69. The normalized spacial score (nSPS) is 10.9. The van der Waals surface area contributed by atoms with Gasteiger partial charge >= 0.3 is 0 Å². The van der Waals surface area contributed by atoms with Gasteiger partial charge in [0.2, 0.25) is 5.16 Å². The summed E-state index contributed by atoms with van der Waals surface area (Å²) >= 11 is 1.59. The predicted molar refractivity (Wildman–Crippen MR) is 73.7 cm³/mol. The van der Waals surface area contributed by atoms with E-state index in [1.807, 2.05) is 0 Å². The van der Waals surface area contributed by atoms with Gasteiger partial charge in [-0.2, -0.15) is 0 Å². The lowest BCUT2D eigenvalue weighted by Gasteiger charge is -2.05. The van der Waals surface area contributed by atoms with Crippen LogP contribution < -0.4 is 5.84 Å². The van der Waals surface area contributed by atoms with Crippen LogP contribution in [0, 0.1) is 0 Å². The van der Waals surface area contributed by atoms with Crippen LogP contribution in [0.25, 0.3) is 10.8 Å². The molecule has 5 heteroatoms. The van der Waals surface area contributed by atoms with Crippen molar-refractivity contribution in [2.24, 2.45) is 0 Å². The summed E-state index contributed by atoms with van der Waals surface area (Å²) < 4.78 is 1.44. The van der Waals surface area contributed by atoms with Gasteiger partial charge in [0.1, 0.15) is 6.33 Å². The first-order valence-corrected chi connectivity index (χ1v) is 6.58. The maximum Gasteiger partial charge on any atom is 0.209 e. The molecule has 0 bridgehead atoms. The summed E-state index contributed by atoms with van der Waals surface area (Å²) in [5, 5.41) is 11.0. The standard InChI is InChI=1S/C13H12N4S/c14-17-9-15-16-13(17)18-8-11-6-3-5-10-4-1-2-7-12(10)11/h1-7,9H,8,14H2. The van der Waals surface area contributed by atoms with Crippen molar-refractivity contribution in [3.05, 3.63) is 54.4 Å². The lowest BCUT2D eigenvalue weighted by atomic mass is 10.1. The van der Waals surface area contributed by atoms with Crippen LogP contribution in [0.3, 0.4) is 0 Å². The highest BCUT2D eigenvalue weighted by atomic mass is 32.2. The summed E-state index contributed by atoms with van der Waals surface area (Å²) in [7, 11) is 0. The molecule has 90 valence electrons. The molecule has 0 aliphatic carbocycles. The van der Waals surface area contributed by atoms with E-state index in [9.17, 15) is 0 Å². The van der Waals surface area contributed by atoms with Gasteiger partial charge in [-0.05, 0) is 16.3 Å². The Morgan fingerprint density at radius 2 is 1.94 bits per heavy atom. The van der Waals surface area contributed by atoms with E-state index in [0.29, 0.717) is 0 Å². The highest BCUT2D eigenvalue weighted by Gasteiger charge is 2.05. The highest BCUT2D eigenvalue weighted by Crippen LogP contribution is 2.25. The second kappa shape index (κ2) is 4.70. The topological polar surface area (TPSA) is 56.7 Å². The molecular formula is C13H12N4S. The quantitative estimate of drug-likeness (QED) is 0.577. The molecule has 0 spiro atoms. The predicted octanol–water partition coefficient (Wildman–Crippen LogP) is 2.44. The molecule has 0 unspecified atom stereocenters. The third kappa shape index (κ3) is 2.04. The number of aromatic nitrogens is 3. The van der Waals surface area contributed by atoms with E-state index in [2.05, 4.69) is 52.7 Å². The molecule has 3 aromatic rings. The summed E-state index contributed by atoms with van der Waals surface area (Å²) in [5.41, 5.74) is 1.28. The Morgan fingerprint density at radius 3 is 2.78 bits per heavy atom. The Bertz CT molecular complexity index is 672. The minimum absolute atomic E-state index is 0.725. The molecule has 3 rings (SSSR count). The van der Waals surface area contributed by atoms with Crippen LogP contribution in [-0.4, -0.2) is 14.9 Å². The number of nitrogen functional groups attached to an aromatic ring is 1. The number of fused-ring (bicyclic) bond motifs is 1. The average Bonchev–Trinajstić information content (AvgIpc) is 2.82. The van der Waals surface area contributed by atoms with E-state index in [-0.39, 0.29) is 0 Å². The van der Waals surface area contributed by atoms with Crippen molar-refractivity contribution in [3.63, 3.8) is 0 Å². The van der Waals surface area contributed by atoms with Crippen LogP contribution in [-0.2, 0) is 5.75 Å². The van der Waals surface area contributed by atoms with E-state index < -0.39 is 0 Å². The first kappa shape index (κ1) is 11.1. The van der Waals surface area contributed by atoms with Gasteiger partial charge in [0.15, 0.2) is 0 Å². The summed E-state index contributed by atoms with van der Waals surface area (Å²) in [6.45, 7) is 0. The van der Waals surface area contributed by atoms with Crippen molar-refractivity contribution in [1.82, 2.24) is 14.9 Å². The van der Waals surface area contributed by atoms with Crippen LogP contribution >= 0.6 is 11.8 Å². The molecule has 0 radical (unpaired) electrons. The molecular weight excluding hydrogens is 244 g/mol. The molecule has 0 aliphatic heterocycles. The largest absolute Gasteiger partial charge is 0.336 e. The number of thioether (sulfide) groups is 1. The molecule has 0 saturated carbocycles. The summed E-state index contributed by atoms with van der Waals surface area (Å²) in [6.07, 6.45) is 1.51. The highest BCUT2D eigenvalue weighted by molar-refractivity contribution is 7.98. The Labute approximate surface area is 109 Å². The second-order valence-electron chi connectivity index (χ2n) is 3.95. The van der Waals surface area contributed by atoms with Crippen molar-refractivity contribution < 1.29 is 0 Å². The van der Waals surface area contributed by atoms with Gasteiger partial charge in [0.05, 0.1) is 0 Å². The number of benzene rings is 2. The van der Waals surface area contributed by atoms with Crippen molar-refractivity contribution in [2.75, 3.05) is 5.84 Å². The second-order valence-corrected chi connectivity index (χ2v) is 4.89. The Morgan fingerprint density at radius 1 is 1.11 bits per heavy atom. The maximum atomic E-state index is 5.69. The van der Waals surface area contributed by atoms with Gasteiger partial charge in [0, 0.05) is 5.75 Å². The zero-order valence-corrected chi connectivity index (χ0v) is 10.5. The number of nitrogens with zero attached hydrogens (tertiary/aromatic N) is 3. The molecule has 18 heavy (non-hydrogen) atoms. The molecule has 0 amide bonds. The van der Waals surface area contributed by atoms with Crippen LogP contribution in [0.4, 0.5) is 0 Å². The fraction of sp³-hybridized carbons (Fsp3) is 0.0769. The third-order valence-electron chi connectivity index (χ3n) is 2.78. The van der Waals surface area contributed by atoms with Crippen molar-refractivity contribution in [3.8, 4) is 0 Å². The molecule has 0 aliphatic rings. The molecule has 2 aromatic carbocycles. The summed E-state index contributed by atoms with van der Waals surface area (Å²) in [5.74, 6) is 6.52. The molecule has 1 heterocycles. The van der Waals surface area contributed by atoms with Gasteiger partial charge in [-0.15, -0.1) is 10.2 Å². The Hall–Kier alpha value is -2.01. The monoisotopic (exact) mass is 256 g/mol. The number of rotatable bonds is 3. The summed E-state index contributed by atoms with van der Waals surface area (Å²) in [4.78, 5) is 0. The molecule has 0 atom stereocenters. The van der Waals surface area contributed by atoms with Crippen LogP contribution in [0.2, 0.25) is 0 Å². The van der Waals surface area contributed by atoms with Gasteiger partial charge in [-0.25, -0.2) is 4.68 Å². The molecule has 1 aromatic heterocycles. The fourth-order valence-corrected chi connectivity index (χ4v) is 2.73. The summed E-state index contributed by atoms with van der Waals surface area (Å²) in [6, 6.07) is 14.7. The zero-order chi connectivity index (χ0) is 12.4. The minimum atomic E-state index is 0.725. The number of hydrogen-bond donors (Lipinski definition) is 1. The van der Waals surface area contributed by atoms with Crippen molar-refractivity contribution in [2.45, 2.75) is 10.9 Å². The lowest BCUT2D eigenvalue weighted by molar-refractivity contribution is 0.846. The van der Waals surface area contributed by atoms with Crippen molar-refractivity contribution >= 4 is 22.5 Å². The molecule has 0 saturated heterocycles. The lowest BCUT2D eigenvalue weighted by Crippen LogP contribution is -2.07. The van der Waals surface area contributed by atoms with E-state index in [1.54, 1.807) is 11.8 Å². The fourth-order valence-electron chi connectivity index (χ4n) is 1.90. The number of nitrogens with two attached hydrogens (primary N) is 1. The molecule has 4 nitrogen and oxygen atoms in total. The Balaban J connectivity index is 1.89. The van der Waals surface area contributed by atoms with Gasteiger partial charge in [-0.1, -0.05) is 54.2 Å². The van der Waals surface area contributed by atoms with E-state index in [4.69, 9.17) is 5.84 Å². The third-order valence-corrected chi connectivity index (χ3v) is 3.78. The smallest absolute Gasteiger partial charge is 0.209 e. The molecule has 0 fully saturated rings. The van der Waals surface area contributed by atoms with Crippen LogP contribution in [0.5, 0.6) is 0 Å². The van der Waals surface area contributed by atoms with Crippen LogP contribution in [0.1, 0.15) is 5.56 Å². The number of hydrogen-bond acceptors (Lipinski definition) is 4. The van der Waals surface area contributed by atoms with E-state index >= 15 is 0 Å². The van der Waals surface area contributed by atoms with Crippen molar-refractivity contribution in [1.29, 1.82) is 0 Å². The van der Waals surface area contributed by atoms with E-state index in [1.165, 1.54) is 27.3 Å². The SMILES string of the molecule is Nn1cnnc1SCc1cccc2ccccc12. The zero-order valence-electron chi connectivity index (χ0n) is 9.65. The average molecular weight is 256 g/mol. The van der Waals surface area contributed by atoms with Gasteiger partial charge < -0.3 is 5.84 Å². The molecule has 2 N–H and O–H groups in total. The first-order chi connectivity index (χ1) is 8.84. The Kier molecular flexibility index (Phi) is 2.90. The van der Waals surface area contributed by atoms with Gasteiger partial charge in [-0.3, -0.25) is 0 Å². The minimum Gasteiger partial charge on any atom is -0.336 e. The van der Waals surface area contributed by atoms with Gasteiger partial charge in [0.25, 0.3) is 0 Å². The first-order valence-electron chi connectivity index (χ1n) is 5.59. The van der Waals surface area contributed by atoms with E-state index in [0.717, 1.165) is 10.9 Å². The van der Waals surface area contributed by atoms with Crippen LogP contribution in [0.15, 0.2) is 53.9 Å².